The molecule has 2 aliphatic rings. The van der Waals surface area contributed by atoms with Gasteiger partial charge in [0.05, 0.1) is 16.9 Å². The van der Waals surface area contributed by atoms with E-state index in [2.05, 4.69) is 177 Å². The van der Waals surface area contributed by atoms with Crippen LogP contribution in [0.2, 0.25) is 0 Å². The SMILES string of the molecule is CC1(C)c2ccccc2-c2cc(C3=NC(c4cccc5c4oc4c5ccc5c(-c6ccccc6)nc6ccccc6c54)NC(c4ccccc4)=C3)ccc21. The van der Waals surface area contributed by atoms with E-state index in [1.54, 1.807) is 0 Å². The zero-order valence-corrected chi connectivity index (χ0v) is 30.0. The van der Waals surface area contributed by atoms with E-state index in [4.69, 9.17) is 14.4 Å². The number of pyridine rings is 1. The average Bonchev–Trinajstić information content (AvgIpc) is 3.73. The van der Waals surface area contributed by atoms with Crippen LogP contribution >= 0.6 is 0 Å². The van der Waals surface area contributed by atoms with E-state index < -0.39 is 0 Å². The number of aromatic nitrogens is 1. The molecule has 0 radical (unpaired) electrons. The minimum atomic E-state index is -0.383. The summed E-state index contributed by atoms with van der Waals surface area (Å²) in [5, 5.41) is 9.17. The van der Waals surface area contributed by atoms with Crippen molar-refractivity contribution in [1.82, 2.24) is 10.3 Å². The second-order valence-corrected chi connectivity index (χ2v) is 15.0. The predicted octanol–water partition coefficient (Wildman–Crippen LogP) is 12.4. The molecule has 1 aliphatic heterocycles. The van der Waals surface area contributed by atoms with Crippen LogP contribution in [0.5, 0.6) is 0 Å². The van der Waals surface area contributed by atoms with Gasteiger partial charge in [-0.1, -0.05) is 153 Å². The molecular formula is C50H35N3O. The van der Waals surface area contributed by atoms with Gasteiger partial charge in [0.25, 0.3) is 0 Å². The summed E-state index contributed by atoms with van der Waals surface area (Å²) in [6.07, 6.45) is 1.81. The molecule has 0 amide bonds. The Morgan fingerprint density at radius 3 is 2.09 bits per heavy atom. The topological polar surface area (TPSA) is 50.4 Å². The van der Waals surface area contributed by atoms with E-state index in [-0.39, 0.29) is 11.6 Å². The number of allylic oxidation sites excluding steroid dienone is 1. The fourth-order valence-electron chi connectivity index (χ4n) is 8.85. The number of hydrogen-bond acceptors (Lipinski definition) is 4. The number of benzene rings is 7. The fraction of sp³-hybridized carbons (Fsp3) is 0.0800. The zero-order chi connectivity index (χ0) is 36.0. The Morgan fingerprint density at radius 1 is 0.556 bits per heavy atom. The molecule has 0 saturated carbocycles. The van der Waals surface area contributed by atoms with Gasteiger partial charge in [0, 0.05) is 54.7 Å². The Morgan fingerprint density at radius 2 is 1.24 bits per heavy atom. The molecule has 4 heteroatoms. The number of aliphatic imine (C=N–C) groups is 1. The standard InChI is InChI=1S/C50H35N3O/c1-50(2)40-22-11-9-18-33(40)39-28-32(24-27-41(39)50)44-29-43(30-14-5-3-6-15-30)52-49(53-44)38-21-13-20-34-35-25-26-37-45(48(35)54-47(34)38)36-19-10-12-23-42(36)51-46(37)31-16-7-4-8-17-31/h3-29,49,52H,1-2H3. The van der Waals surface area contributed by atoms with E-state index in [0.717, 1.165) is 83.0 Å². The normalized spacial score (nSPS) is 15.9. The molecule has 11 rings (SSSR count). The number of rotatable bonds is 4. The Labute approximate surface area is 313 Å². The second-order valence-electron chi connectivity index (χ2n) is 15.0. The first kappa shape index (κ1) is 30.8. The van der Waals surface area contributed by atoms with Gasteiger partial charge in [0.15, 0.2) is 0 Å². The lowest BCUT2D eigenvalue weighted by Crippen LogP contribution is -2.25. The third-order valence-corrected chi connectivity index (χ3v) is 11.5. The lowest BCUT2D eigenvalue weighted by atomic mass is 9.82. The van der Waals surface area contributed by atoms with Crippen molar-refractivity contribution in [2.75, 3.05) is 0 Å². The monoisotopic (exact) mass is 693 g/mol. The highest BCUT2D eigenvalue weighted by molar-refractivity contribution is 6.25. The van der Waals surface area contributed by atoms with Gasteiger partial charge in [0.2, 0.25) is 0 Å². The average molecular weight is 694 g/mol. The van der Waals surface area contributed by atoms with Crippen molar-refractivity contribution in [2.45, 2.75) is 25.4 Å². The number of furan rings is 1. The maximum atomic E-state index is 7.10. The van der Waals surface area contributed by atoms with Crippen LogP contribution in [-0.4, -0.2) is 10.7 Å². The molecule has 1 atom stereocenters. The van der Waals surface area contributed by atoms with Crippen molar-refractivity contribution >= 4 is 55.0 Å². The molecule has 3 heterocycles. The van der Waals surface area contributed by atoms with E-state index in [1.165, 1.54) is 22.3 Å². The second kappa shape index (κ2) is 11.6. The number of fused-ring (bicyclic) bond motifs is 10. The Bertz CT molecular complexity index is 3040. The molecule has 0 spiro atoms. The van der Waals surface area contributed by atoms with Crippen molar-refractivity contribution in [3.63, 3.8) is 0 Å². The summed E-state index contributed by atoms with van der Waals surface area (Å²) in [6.45, 7) is 4.64. The van der Waals surface area contributed by atoms with Gasteiger partial charge in [-0.25, -0.2) is 4.98 Å². The first-order chi connectivity index (χ1) is 26.5. The van der Waals surface area contributed by atoms with Crippen LogP contribution in [0.1, 0.15) is 47.8 Å². The van der Waals surface area contributed by atoms with Gasteiger partial charge in [-0.05, 0) is 52.1 Å². The number of nitrogens with one attached hydrogen (secondary N) is 1. The van der Waals surface area contributed by atoms with E-state index in [1.807, 2.05) is 6.07 Å². The quantitative estimate of drug-likeness (QED) is 0.187. The molecule has 1 unspecified atom stereocenters. The summed E-state index contributed by atoms with van der Waals surface area (Å²) in [6, 6.07) is 55.8. The smallest absolute Gasteiger partial charge is 0.149 e. The van der Waals surface area contributed by atoms with E-state index in [0.29, 0.717) is 0 Å². The first-order valence-electron chi connectivity index (χ1n) is 18.6. The molecule has 9 aromatic rings. The summed E-state index contributed by atoms with van der Waals surface area (Å²) in [4.78, 5) is 10.6. The van der Waals surface area contributed by atoms with Crippen LogP contribution in [0.4, 0.5) is 0 Å². The molecule has 1 aliphatic carbocycles. The van der Waals surface area contributed by atoms with Crippen LogP contribution in [0.25, 0.3) is 71.7 Å². The van der Waals surface area contributed by atoms with Gasteiger partial charge < -0.3 is 9.73 Å². The molecule has 256 valence electrons. The maximum Gasteiger partial charge on any atom is 0.149 e. The van der Waals surface area contributed by atoms with Crippen molar-refractivity contribution in [1.29, 1.82) is 0 Å². The number of nitrogens with zero attached hydrogens (tertiary/aromatic N) is 2. The number of hydrogen-bond donors (Lipinski definition) is 1. The Balaban J connectivity index is 1.12. The molecular weight excluding hydrogens is 659 g/mol. The summed E-state index contributed by atoms with van der Waals surface area (Å²) in [5.74, 6) is 0. The van der Waals surface area contributed by atoms with Crippen molar-refractivity contribution < 1.29 is 4.42 Å². The van der Waals surface area contributed by atoms with Crippen molar-refractivity contribution in [3.05, 3.63) is 192 Å². The highest BCUT2D eigenvalue weighted by atomic mass is 16.3. The molecule has 2 aromatic heterocycles. The predicted molar refractivity (Wildman–Crippen MR) is 223 cm³/mol. The summed E-state index contributed by atoms with van der Waals surface area (Å²) >= 11 is 0. The van der Waals surface area contributed by atoms with Crippen LogP contribution in [0, 0.1) is 0 Å². The Hall–Kier alpha value is -6.78. The van der Waals surface area contributed by atoms with Gasteiger partial charge in [-0.2, -0.15) is 0 Å². The largest absolute Gasteiger partial charge is 0.455 e. The van der Waals surface area contributed by atoms with Gasteiger partial charge in [0.1, 0.15) is 17.3 Å². The van der Waals surface area contributed by atoms with Gasteiger partial charge in [-0.3, -0.25) is 4.99 Å². The minimum absolute atomic E-state index is 0.0572. The van der Waals surface area contributed by atoms with Crippen molar-refractivity contribution in [2.24, 2.45) is 4.99 Å². The summed E-state index contributed by atoms with van der Waals surface area (Å²) in [5.41, 5.74) is 15.1. The maximum absolute atomic E-state index is 7.10. The van der Waals surface area contributed by atoms with Crippen LogP contribution in [0.15, 0.2) is 173 Å². The molecule has 0 fully saturated rings. The van der Waals surface area contributed by atoms with E-state index in [9.17, 15) is 0 Å². The highest BCUT2D eigenvalue weighted by Gasteiger charge is 2.35. The number of para-hydroxylation sites is 2. The zero-order valence-electron chi connectivity index (χ0n) is 30.0. The lowest BCUT2D eigenvalue weighted by Gasteiger charge is -2.25. The molecule has 0 bridgehead atoms. The third-order valence-electron chi connectivity index (χ3n) is 11.5. The Kier molecular flexibility index (Phi) is 6.62. The molecule has 0 saturated heterocycles. The van der Waals surface area contributed by atoms with E-state index >= 15 is 0 Å². The minimum Gasteiger partial charge on any atom is -0.455 e. The first-order valence-corrected chi connectivity index (χ1v) is 18.6. The third kappa shape index (κ3) is 4.56. The molecule has 4 nitrogen and oxygen atoms in total. The van der Waals surface area contributed by atoms with Crippen LogP contribution in [0.3, 0.4) is 0 Å². The highest BCUT2D eigenvalue weighted by Crippen LogP contribution is 2.49. The lowest BCUT2D eigenvalue weighted by molar-refractivity contribution is 0.626. The summed E-state index contributed by atoms with van der Waals surface area (Å²) < 4.78 is 7.10. The molecule has 1 N–H and O–H groups in total. The van der Waals surface area contributed by atoms with Gasteiger partial charge >= 0.3 is 0 Å². The van der Waals surface area contributed by atoms with Crippen molar-refractivity contribution in [3.8, 4) is 22.4 Å². The van der Waals surface area contributed by atoms with Crippen LogP contribution < -0.4 is 5.32 Å². The van der Waals surface area contributed by atoms with Gasteiger partial charge in [-0.15, -0.1) is 0 Å². The fourth-order valence-corrected chi connectivity index (χ4v) is 8.85. The summed E-state index contributed by atoms with van der Waals surface area (Å²) in [7, 11) is 0. The molecule has 54 heavy (non-hydrogen) atoms. The molecule has 7 aromatic carbocycles. The van der Waals surface area contributed by atoms with Crippen LogP contribution in [-0.2, 0) is 5.41 Å².